The summed E-state index contributed by atoms with van der Waals surface area (Å²) in [7, 11) is -1.24. The van der Waals surface area contributed by atoms with E-state index < -0.39 is 9.84 Å². The van der Waals surface area contributed by atoms with Gasteiger partial charge in [0.05, 0.1) is 17.1 Å². The molecule has 0 aromatic rings. The van der Waals surface area contributed by atoms with Gasteiger partial charge < -0.3 is 10.5 Å². The lowest BCUT2D eigenvalue weighted by Gasteiger charge is -2.38. The van der Waals surface area contributed by atoms with Gasteiger partial charge in [-0.05, 0) is 26.7 Å². The summed E-state index contributed by atoms with van der Waals surface area (Å²) in [5.41, 5.74) is 5.76. The van der Waals surface area contributed by atoms with Crippen LogP contribution in [0.4, 0.5) is 0 Å². The summed E-state index contributed by atoms with van der Waals surface area (Å²) in [5.74, 6) is 0.221. The average Bonchev–Trinajstić information content (AvgIpc) is 2.35. The first-order valence-electron chi connectivity index (χ1n) is 6.59. The van der Waals surface area contributed by atoms with Gasteiger partial charge in [-0.15, -0.1) is 12.4 Å². The van der Waals surface area contributed by atoms with Crippen molar-refractivity contribution in [1.82, 2.24) is 4.90 Å². The molecule has 0 bridgehead atoms. The van der Waals surface area contributed by atoms with E-state index in [4.69, 9.17) is 10.5 Å². The number of nitrogens with two attached hydrogens (primary N) is 1. The normalized spacial score (nSPS) is 25.3. The first-order valence-corrected chi connectivity index (χ1v) is 8.30. The SMILES string of the molecule is COC1CCN(CCS(=O)(=O)C(C)C)C(CN)C1.Cl. The number of hydrogen-bond donors (Lipinski definition) is 1. The molecule has 7 heteroatoms. The summed E-state index contributed by atoms with van der Waals surface area (Å²) >= 11 is 0. The summed E-state index contributed by atoms with van der Waals surface area (Å²) < 4.78 is 29.0. The highest BCUT2D eigenvalue weighted by atomic mass is 35.5. The van der Waals surface area contributed by atoms with E-state index in [1.54, 1.807) is 21.0 Å². The van der Waals surface area contributed by atoms with E-state index in [1.165, 1.54) is 0 Å². The Labute approximate surface area is 123 Å². The van der Waals surface area contributed by atoms with E-state index in [1.807, 2.05) is 0 Å². The summed E-state index contributed by atoms with van der Waals surface area (Å²) in [6.45, 7) is 5.47. The zero-order valence-electron chi connectivity index (χ0n) is 12.0. The largest absolute Gasteiger partial charge is 0.381 e. The minimum Gasteiger partial charge on any atom is -0.381 e. The number of sulfone groups is 1. The Kier molecular flexibility index (Phi) is 8.47. The molecule has 116 valence electrons. The van der Waals surface area contributed by atoms with Gasteiger partial charge in [0.15, 0.2) is 9.84 Å². The molecule has 1 heterocycles. The second-order valence-corrected chi connectivity index (χ2v) is 7.90. The van der Waals surface area contributed by atoms with Crippen molar-refractivity contribution in [3.8, 4) is 0 Å². The number of halogens is 1. The summed E-state index contributed by atoms with van der Waals surface area (Å²) in [4.78, 5) is 2.19. The van der Waals surface area contributed by atoms with Gasteiger partial charge in [-0.25, -0.2) is 8.42 Å². The monoisotopic (exact) mass is 314 g/mol. The predicted octanol–water partition coefficient (Wildman–Crippen LogP) is 0.670. The number of piperidine rings is 1. The fourth-order valence-electron chi connectivity index (χ4n) is 2.30. The van der Waals surface area contributed by atoms with E-state index in [0.29, 0.717) is 13.1 Å². The Hall–Kier alpha value is 0.120. The maximum absolute atomic E-state index is 11.8. The summed E-state index contributed by atoms with van der Waals surface area (Å²) in [6, 6.07) is 0.242. The van der Waals surface area contributed by atoms with Crippen LogP contribution in [0.2, 0.25) is 0 Å². The number of likely N-dealkylation sites (tertiary alicyclic amines) is 1. The van der Waals surface area contributed by atoms with Crippen molar-refractivity contribution in [1.29, 1.82) is 0 Å². The smallest absolute Gasteiger partial charge is 0.153 e. The maximum atomic E-state index is 11.8. The Morgan fingerprint density at radius 2 is 2.05 bits per heavy atom. The molecule has 0 aromatic heterocycles. The Morgan fingerprint density at radius 3 is 2.53 bits per heavy atom. The van der Waals surface area contributed by atoms with E-state index in [-0.39, 0.29) is 35.6 Å². The van der Waals surface area contributed by atoms with Crippen LogP contribution in [0.1, 0.15) is 26.7 Å². The molecular weight excluding hydrogens is 288 g/mol. The van der Waals surface area contributed by atoms with Gasteiger partial charge in [0, 0.05) is 32.8 Å². The highest BCUT2D eigenvalue weighted by Gasteiger charge is 2.28. The lowest BCUT2D eigenvalue weighted by Crippen LogP contribution is -2.50. The second kappa shape index (κ2) is 8.42. The molecular formula is C12H27ClN2O3S. The van der Waals surface area contributed by atoms with Crippen molar-refractivity contribution in [3.05, 3.63) is 0 Å². The summed E-state index contributed by atoms with van der Waals surface area (Å²) in [5, 5.41) is -0.301. The lowest BCUT2D eigenvalue weighted by molar-refractivity contribution is 0.0157. The van der Waals surface area contributed by atoms with Crippen molar-refractivity contribution in [2.45, 2.75) is 44.1 Å². The van der Waals surface area contributed by atoms with Crippen LogP contribution in [0.3, 0.4) is 0 Å². The Balaban J connectivity index is 0.00000324. The van der Waals surface area contributed by atoms with Crippen LogP contribution >= 0.6 is 12.4 Å². The van der Waals surface area contributed by atoms with Gasteiger partial charge in [-0.3, -0.25) is 4.90 Å². The molecule has 1 aliphatic rings. The van der Waals surface area contributed by atoms with Gasteiger partial charge in [0.1, 0.15) is 0 Å². The third-order valence-corrected chi connectivity index (χ3v) is 5.96. The third kappa shape index (κ3) is 5.55. The predicted molar refractivity (Wildman–Crippen MR) is 80.6 cm³/mol. The maximum Gasteiger partial charge on any atom is 0.153 e. The van der Waals surface area contributed by atoms with Gasteiger partial charge in [0.2, 0.25) is 0 Å². The average molecular weight is 315 g/mol. The first-order chi connectivity index (χ1) is 8.40. The molecule has 0 radical (unpaired) electrons. The van der Waals surface area contributed by atoms with Crippen molar-refractivity contribution >= 4 is 22.2 Å². The minimum atomic E-state index is -2.96. The topological polar surface area (TPSA) is 72.6 Å². The van der Waals surface area contributed by atoms with Crippen LogP contribution in [-0.4, -0.2) is 63.2 Å². The molecule has 19 heavy (non-hydrogen) atoms. The number of methoxy groups -OCH3 is 1. The zero-order chi connectivity index (χ0) is 13.8. The highest BCUT2D eigenvalue weighted by molar-refractivity contribution is 7.92. The lowest BCUT2D eigenvalue weighted by atomic mass is 9.99. The zero-order valence-corrected chi connectivity index (χ0v) is 13.7. The van der Waals surface area contributed by atoms with Crippen LogP contribution in [0.5, 0.6) is 0 Å². The van der Waals surface area contributed by atoms with Gasteiger partial charge in [0.25, 0.3) is 0 Å². The molecule has 2 N–H and O–H groups in total. The van der Waals surface area contributed by atoms with E-state index in [0.717, 1.165) is 19.4 Å². The molecule has 0 aromatic carbocycles. The molecule has 0 amide bonds. The van der Waals surface area contributed by atoms with Crippen molar-refractivity contribution in [2.24, 2.45) is 5.73 Å². The van der Waals surface area contributed by atoms with Crippen LogP contribution in [0, 0.1) is 0 Å². The molecule has 0 saturated carbocycles. The molecule has 0 spiro atoms. The number of nitrogens with zero attached hydrogens (tertiary/aromatic N) is 1. The fourth-order valence-corrected chi connectivity index (χ4v) is 3.26. The van der Waals surface area contributed by atoms with Crippen LogP contribution < -0.4 is 5.73 Å². The fraction of sp³-hybridized carbons (Fsp3) is 1.00. The minimum absolute atomic E-state index is 0. The number of hydrogen-bond acceptors (Lipinski definition) is 5. The molecule has 1 saturated heterocycles. The van der Waals surface area contributed by atoms with Gasteiger partial charge >= 0.3 is 0 Å². The van der Waals surface area contributed by atoms with E-state index in [2.05, 4.69) is 4.90 Å². The number of rotatable bonds is 6. The standard InChI is InChI=1S/C12H26N2O3S.ClH/c1-10(2)18(15,16)7-6-14-5-4-12(17-3)8-11(14)9-13;/h10-12H,4-9,13H2,1-3H3;1H. The molecule has 1 rings (SSSR count). The molecule has 5 nitrogen and oxygen atoms in total. The highest BCUT2D eigenvalue weighted by Crippen LogP contribution is 2.19. The van der Waals surface area contributed by atoms with Gasteiger partial charge in [-0.1, -0.05) is 0 Å². The Bertz CT molecular complexity index is 349. The van der Waals surface area contributed by atoms with Crippen LogP contribution in [-0.2, 0) is 14.6 Å². The van der Waals surface area contributed by atoms with Crippen molar-refractivity contribution in [3.63, 3.8) is 0 Å². The molecule has 2 atom stereocenters. The first kappa shape index (κ1) is 19.1. The third-order valence-electron chi connectivity index (χ3n) is 3.78. The number of ether oxygens (including phenoxy) is 1. The van der Waals surface area contributed by atoms with Crippen LogP contribution in [0.25, 0.3) is 0 Å². The van der Waals surface area contributed by atoms with Gasteiger partial charge in [-0.2, -0.15) is 0 Å². The molecule has 1 fully saturated rings. The quantitative estimate of drug-likeness (QED) is 0.780. The molecule has 2 unspecified atom stereocenters. The van der Waals surface area contributed by atoms with Crippen LogP contribution in [0.15, 0.2) is 0 Å². The molecule has 1 aliphatic heterocycles. The summed E-state index contributed by atoms with van der Waals surface area (Å²) in [6.07, 6.45) is 2.11. The van der Waals surface area contributed by atoms with Crippen molar-refractivity contribution < 1.29 is 13.2 Å². The Morgan fingerprint density at radius 1 is 1.42 bits per heavy atom. The van der Waals surface area contributed by atoms with Crippen molar-refractivity contribution in [2.75, 3.05) is 32.5 Å². The van der Waals surface area contributed by atoms with E-state index >= 15 is 0 Å². The second-order valence-electron chi connectivity index (χ2n) is 5.22. The molecule has 0 aliphatic carbocycles. The van der Waals surface area contributed by atoms with E-state index in [9.17, 15) is 8.42 Å².